The Bertz CT molecular complexity index is 589. The normalized spacial score (nSPS) is 24.6. The molecule has 3 rings (SSSR count). The van der Waals surface area contributed by atoms with E-state index in [-0.39, 0.29) is 0 Å². The number of hydrogen-bond donors (Lipinski definition) is 0. The van der Waals surface area contributed by atoms with Crippen LogP contribution in [0, 0.1) is 0 Å². The van der Waals surface area contributed by atoms with Crippen molar-refractivity contribution in [1.82, 2.24) is 9.80 Å². The third kappa shape index (κ3) is 4.32. The van der Waals surface area contributed by atoms with Crippen molar-refractivity contribution in [3.8, 4) is 5.75 Å². The van der Waals surface area contributed by atoms with Crippen LogP contribution in [0.5, 0.6) is 5.75 Å². The third-order valence-electron chi connectivity index (χ3n) is 5.72. The van der Waals surface area contributed by atoms with Crippen molar-refractivity contribution < 1.29 is 9.53 Å². The molecule has 2 aliphatic heterocycles. The molecule has 2 fully saturated rings. The average Bonchev–Trinajstić information content (AvgIpc) is 2.63. The zero-order valence-corrected chi connectivity index (χ0v) is 16.5. The number of carbonyl (C=O) groups excluding carboxylic acids is 1. The number of para-hydroxylation sites is 2. The first-order valence-electron chi connectivity index (χ1n) is 10.1. The lowest BCUT2D eigenvalue weighted by Crippen LogP contribution is -2.54. The maximum atomic E-state index is 12.8. The number of benzene rings is 1. The molecule has 1 amide bonds. The maximum absolute atomic E-state index is 12.8. The van der Waals surface area contributed by atoms with Gasteiger partial charge in [0.1, 0.15) is 5.75 Å². The van der Waals surface area contributed by atoms with Gasteiger partial charge in [0.05, 0.1) is 18.8 Å². The van der Waals surface area contributed by atoms with Crippen LogP contribution in [-0.4, -0.2) is 67.1 Å². The Morgan fingerprint density at radius 1 is 1.08 bits per heavy atom. The minimum Gasteiger partial charge on any atom is -0.492 e. The summed E-state index contributed by atoms with van der Waals surface area (Å²) in [5.41, 5.74) is 1.17. The van der Waals surface area contributed by atoms with Crippen molar-refractivity contribution in [2.75, 3.05) is 44.2 Å². The van der Waals surface area contributed by atoms with Crippen LogP contribution in [0.25, 0.3) is 0 Å². The molecule has 2 aliphatic rings. The first-order valence-corrected chi connectivity index (χ1v) is 10.1. The van der Waals surface area contributed by atoms with Gasteiger partial charge in [-0.25, -0.2) is 0 Å². The average molecular weight is 360 g/mol. The van der Waals surface area contributed by atoms with Gasteiger partial charge in [-0.2, -0.15) is 0 Å². The molecular formula is C21H33N3O2. The lowest BCUT2D eigenvalue weighted by atomic mass is 9.97. The van der Waals surface area contributed by atoms with Gasteiger partial charge in [0.2, 0.25) is 5.91 Å². The number of anilines is 1. The second kappa shape index (κ2) is 8.76. The lowest BCUT2D eigenvalue weighted by Gasteiger charge is -2.41. The summed E-state index contributed by atoms with van der Waals surface area (Å²) < 4.78 is 5.77. The number of rotatable bonds is 5. The largest absolute Gasteiger partial charge is 0.492 e. The summed E-state index contributed by atoms with van der Waals surface area (Å²) >= 11 is 0. The molecule has 2 heterocycles. The first kappa shape index (κ1) is 19.0. The predicted octanol–water partition coefficient (Wildman–Crippen LogP) is 3.00. The van der Waals surface area contributed by atoms with Crippen molar-refractivity contribution in [3.63, 3.8) is 0 Å². The molecule has 1 aromatic carbocycles. The summed E-state index contributed by atoms with van der Waals surface area (Å²) in [7, 11) is 0. The number of hydrogen-bond acceptors (Lipinski definition) is 4. The van der Waals surface area contributed by atoms with Crippen LogP contribution >= 0.6 is 0 Å². The molecular weight excluding hydrogens is 326 g/mol. The highest BCUT2D eigenvalue weighted by Gasteiger charge is 2.30. The Kier molecular flexibility index (Phi) is 6.41. The van der Waals surface area contributed by atoms with E-state index in [0.29, 0.717) is 31.1 Å². The second-order valence-corrected chi connectivity index (χ2v) is 7.59. The summed E-state index contributed by atoms with van der Waals surface area (Å²) in [5.74, 6) is 1.25. The van der Waals surface area contributed by atoms with Crippen molar-refractivity contribution >= 4 is 11.6 Å². The number of nitrogens with zero attached hydrogens (tertiary/aromatic N) is 3. The Hall–Kier alpha value is -1.75. The van der Waals surface area contributed by atoms with Gasteiger partial charge in [0, 0.05) is 38.3 Å². The summed E-state index contributed by atoms with van der Waals surface area (Å²) in [4.78, 5) is 19.6. The van der Waals surface area contributed by atoms with Gasteiger partial charge in [0.25, 0.3) is 0 Å². The highest BCUT2D eigenvalue weighted by molar-refractivity contribution is 5.79. The molecule has 0 unspecified atom stereocenters. The van der Waals surface area contributed by atoms with E-state index in [1.54, 1.807) is 0 Å². The van der Waals surface area contributed by atoms with Crippen LogP contribution in [0.3, 0.4) is 0 Å². The molecule has 5 heteroatoms. The second-order valence-electron chi connectivity index (χ2n) is 7.59. The van der Waals surface area contributed by atoms with Gasteiger partial charge in [-0.15, -0.1) is 0 Å². The molecule has 0 N–H and O–H groups in total. The summed E-state index contributed by atoms with van der Waals surface area (Å²) in [6.07, 6.45) is 3.51. The van der Waals surface area contributed by atoms with E-state index >= 15 is 0 Å². The number of piperidine rings is 1. The number of amides is 1. The Morgan fingerprint density at radius 3 is 2.38 bits per heavy atom. The van der Waals surface area contributed by atoms with Crippen LogP contribution in [0.4, 0.5) is 5.69 Å². The van der Waals surface area contributed by atoms with E-state index in [9.17, 15) is 4.79 Å². The van der Waals surface area contributed by atoms with E-state index < -0.39 is 0 Å². The zero-order chi connectivity index (χ0) is 18.5. The fourth-order valence-electron chi connectivity index (χ4n) is 4.33. The fourth-order valence-corrected chi connectivity index (χ4v) is 4.33. The molecule has 2 atom stereocenters. The Labute approximate surface area is 157 Å². The standard InChI is InChI=1S/C21H33N3O2/c1-4-26-20-11-6-5-10-19(20)23-14-12-22(13-15-23)16-21(25)24-17(2)8-7-9-18(24)3/h5-6,10-11,17-18H,4,7-9,12-16H2,1-3H3/t17-,18-/m0/s1. The van der Waals surface area contributed by atoms with Crippen LogP contribution in [0.15, 0.2) is 24.3 Å². The van der Waals surface area contributed by atoms with E-state index in [2.05, 4.69) is 40.7 Å². The third-order valence-corrected chi connectivity index (χ3v) is 5.72. The van der Waals surface area contributed by atoms with Crippen LogP contribution in [0.1, 0.15) is 40.0 Å². The molecule has 26 heavy (non-hydrogen) atoms. The Morgan fingerprint density at radius 2 is 1.73 bits per heavy atom. The van der Waals surface area contributed by atoms with Crippen LogP contribution in [-0.2, 0) is 4.79 Å². The first-order chi connectivity index (χ1) is 12.6. The highest BCUT2D eigenvalue weighted by atomic mass is 16.5. The molecule has 0 aliphatic carbocycles. The van der Waals surface area contributed by atoms with E-state index in [0.717, 1.165) is 44.8 Å². The summed E-state index contributed by atoms with van der Waals surface area (Å²) in [5, 5.41) is 0. The van der Waals surface area contributed by atoms with Crippen LogP contribution in [0.2, 0.25) is 0 Å². The molecule has 1 aromatic rings. The van der Waals surface area contributed by atoms with E-state index in [1.165, 1.54) is 12.1 Å². The van der Waals surface area contributed by atoms with Gasteiger partial charge < -0.3 is 14.5 Å². The summed E-state index contributed by atoms with van der Waals surface area (Å²) in [6.45, 7) is 11.3. The monoisotopic (exact) mass is 359 g/mol. The van der Waals surface area contributed by atoms with Crippen molar-refractivity contribution in [3.05, 3.63) is 24.3 Å². The van der Waals surface area contributed by atoms with Crippen LogP contribution < -0.4 is 9.64 Å². The SMILES string of the molecule is CCOc1ccccc1N1CCN(CC(=O)N2[C@@H](C)CCC[C@@H]2C)CC1. The molecule has 2 saturated heterocycles. The molecule has 0 bridgehead atoms. The fraction of sp³-hybridized carbons (Fsp3) is 0.667. The minimum absolute atomic E-state index is 0.299. The lowest BCUT2D eigenvalue weighted by molar-refractivity contribution is -0.138. The smallest absolute Gasteiger partial charge is 0.237 e. The molecule has 0 saturated carbocycles. The highest BCUT2D eigenvalue weighted by Crippen LogP contribution is 2.29. The van der Waals surface area contributed by atoms with E-state index in [4.69, 9.17) is 4.74 Å². The van der Waals surface area contributed by atoms with E-state index in [1.807, 2.05) is 19.1 Å². The molecule has 0 radical (unpaired) electrons. The van der Waals surface area contributed by atoms with Crippen molar-refractivity contribution in [2.24, 2.45) is 0 Å². The molecule has 144 valence electrons. The van der Waals surface area contributed by atoms with Gasteiger partial charge in [-0.1, -0.05) is 12.1 Å². The number of likely N-dealkylation sites (tertiary alicyclic amines) is 1. The summed E-state index contributed by atoms with van der Waals surface area (Å²) in [6, 6.07) is 9.00. The molecule has 0 aromatic heterocycles. The van der Waals surface area contributed by atoms with Gasteiger partial charge in [-0.05, 0) is 52.2 Å². The molecule has 0 spiro atoms. The van der Waals surface area contributed by atoms with Gasteiger partial charge >= 0.3 is 0 Å². The zero-order valence-electron chi connectivity index (χ0n) is 16.5. The maximum Gasteiger partial charge on any atom is 0.237 e. The minimum atomic E-state index is 0.299. The van der Waals surface area contributed by atoms with Crippen molar-refractivity contribution in [2.45, 2.75) is 52.1 Å². The quantitative estimate of drug-likeness (QED) is 0.810. The number of ether oxygens (including phenoxy) is 1. The topological polar surface area (TPSA) is 36.0 Å². The number of piperazine rings is 1. The van der Waals surface area contributed by atoms with Gasteiger partial charge in [0.15, 0.2) is 0 Å². The predicted molar refractivity (Wildman–Crippen MR) is 106 cm³/mol. The Balaban J connectivity index is 1.55. The molecule has 5 nitrogen and oxygen atoms in total. The van der Waals surface area contributed by atoms with Crippen molar-refractivity contribution in [1.29, 1.82) is 0 Å². The number of carbonyl (C=O) groups is 1. The van der Waals surface area contributed by atoms with Gasteiger partial charge in [-0.3, -0.25) is 9.69 Å².